The molecule has 3 fully saturated rings. The van der Waals surface area contributed by atoms with Gasteiger partial charge in [-0.05, 0) is 79.7 Å². The van der Waals surface area contributed by atoms with Crippen molar-refractivity contribution in [1.29, 1.82) is 0 Å². The summed E-state index contributed by atoms with van der Waals surface area (Å²) >= 11 is 0. The molecule has 4 rings (SSSR count). The number of phenols is 1. The van der Waals surface area contributed by atoms with Crippen molar-refractivity contribution in [3.63, 3.8) is 0 Å². The van der Waals surface area contributed by atoms with Crippen LogP contribution >= 0.6 is 0 Å². The van der Waals surface area contributed by atoms with E-state index in [-0.39, 0.29) is 29.6 Å². The lowest BCUT2D eigenvalue weighted by Crippen LogP contribution is -2.57. The van der Waals surface area contributed by atoms with Crippen LogP contribution in [-0.2, 0) is 14.3 Å². The van der Waals surface area contributed by atoms with E-state index >= 15 is 0 Å². The molecule has 1 saturated carbocycles. The van der Waals surface area contributed by atoms with Crippen LogP contribution in [-0.4, -0.2) is 86.9 Å². The van der Waals surface area contributed by atoms with Gasteiger partial charge in [-0.1, -0.05) is 0 Å². The van der Waals surface area contributed by atoms with Crippen LogP contribution in [0.1, 0.15) is 85.1 Å². The number of phenolic OH excluding ortho intramolecular Hbond substituents is 1. The van der Waals surface area contributed by atoms with Gasteiger partial charge in [-0.2, -0.15) is 0 Å². The number of likely N-dealkylation sites (tertiary alicyclic amines) is 2. The van der Waals surface area contributed by atoms with Crippen molar-refractivity contribution in [3.05, 3.63) is 29.3 Å². The van der Waals surface area contributed by atoms with E-state index in [9.17, 15) is 28.3 Å². The number of hydrogen-bond donors (Lipinski definition) is 1. The number of hydrogen-bond acceptors (Lipinski definition) is 6. The average molecular weight is 566 g/mol. The van der Waals surface area contributed by atoms with Gasteiger partial charge in [0.2, 0.25) is 5.91 Å². The lowest BCUT2D eigenvalue weighted by molar-refractivity contribution is -0.135. The third kappa shape index (κ3) is 6.61. The third-order valence-corrected chi connectivity index (χ3v) is 7.81. The Hall–Kier alpha value is -3.11. The van der Waals surface area contributed by atoms with Crippen LogP contribution in [0.25, 0.3) is 0 Å². The Morgan fingerprint density at radius 1 is 1.00 bits per heavy atom. The summed E-state index contributed by atoms with van der Waals surface area (Å²) in [5.74, 6) is -3.36. The number of rotatable bonds is 4. The van der Waals surface area contributed by atoms with Crippen molar-refractivity contribution in [1.82, 2.24) is 14.7 Å². The first-order valence-electron chi connectivity index (χ1n) is 14.0. The average Bonchev–Trinajstić information content (AvgIpc) is 3.50. The lowest BCUT2D eigenvalue weighted by Gasteiger charge is -2.45. The van der Waals surface area contributed by atoms with Crippen LogP contribution in [0.4, 0.5) is 18.4 Å². The number of amides is 3. The first-order valence-corrected chi connectivity index (χ1v) is 14.0. The zero-order chi connectivity index (χ0) is 29.6. The fraction of sp³-hybridized carbons (Fsp3) is 0.690. The van der Waals surface area contributed by atoms with Crippen molar-refractivity contribution >= 4 is 18.1 Å². The van der Waals surface area contributed by atoms with Crippen molar-refractivity contribution in [2.24, 2.45) is 0 Å². The van der Waals surface area contributed by atoms with Gasteiger partial charge in [0.05, 0.1) is 0 Å². The summed E-state index contributed by atoms with van der Waals surface area (Å²) in [5.41, 5.74) is -1.71. The molecule has 1 aliphatic carbocycles. The van der Waals surface area contributed by atoms with Gasteiger partial charge >= 0.3 is 12.2 Å². The summed E-state index contributed by atoms with van der Waals surface area (Å²) in [7, 11) is 0. The molecule has 2 atom stereocenters. The number of aromatic hydroxyl groups is 1. The molecule has 0 unspecified atom stereocenters. The molecule has 3 aliphatic rings. The Labute approximate surface area is 234 Å². The molecule has 2 saturated heterocycles. The molecule has 2 heterocycles. The van der Waals surface area contributed by atoms with E-state index in [0.717, 1.165) is 18.9 Å². The van der Waals surface area contributed by atoms with Gasteiger partial charge in [0.1, 0.15) is 23.6 Å². The van der Waals surface area contributed by atoms with Crippen LogP contribution in [0.3, 0.4) is 0 Å². The van der Waals surface area contributed by atoms with Crippen LogP contribution in [0.15, 0.2) is 12.1 Å². The van der Waals surface area contributed by atoms with Gasteiger partial charge in [0, 0.05) is 48.8 Å². The number of piperidine rings is 1. The Balaban J connectivity index is 1.44. The normalized spacial score (nSPS) is 22.3. The fourth-order valence-electron chi connectivity index (χ4n) is 5.84. The molecule has 9 nitrogen and oxygen atoms in total. The van der Waals surface area contributed by atoms with Crippen molar-refractivity contribution in [2.75, 3.05) is 26.2 Å². The highest BCUT2D eigenvalue weighted by Crippen LogP contribution is 2.49. The van der Waals surface area contributed by atoms with E-state index < -0.39 is 46.6 Å². The minimum absolute atomic E-state index is 0.0619. The fourth-order valence-corrected chi connectivity index (χ4v) is 5.84. The summed E-state index contributed by atoms with van der Waals surface area (Å²) in [6.45, 7) is 11.8. The van der Waals surface area contributed by atoms with E-state index in [1.165, 1.54) is 4.90 Å². The summed E-state index contributed by atoms with van der Waals surface area (Å²) < 4.78 is 39.1. The summed E-state index contributed by atoms with van der Waals surface area (Å²) in [6, 6.07) is 1.10. The second-order valence-corrected chi connectivity index (χ2v) is 13.2. The molecule has 2 aliphatic heterocycles. The highest BCUT2D eigenvalue weighted by Gasteiger charge is 2.50. The highest BCUT2D eigenvalue weighted by atomic mass is 19.1. The molecule has 0 aromatic heterocycles. The van der Waals surface area contributed by atoms with Gasteiger partial charge in [-0.15, -0.1) is 0 Å². The van der Waals surface area contributed by atoms with Gasteiger partial charge in [-0.3, -0.25) is 9.69 Å². The van der Waals surface area contributed by atoms with E-state index in [0.29, 0.717) is 45.0 Å². The van der Waals surface area contributed by atoms with Crippen LogP contribution in [0.2, 0.25) is 0 Å². The summed E-state index contributed by atoms with van der Waals surface area (Å²) in [6.07, 6.45) is 2.21. The zero-order valence-electron chi connectivity index (χ0n) is 24.3. The first kappa shape index (κ1) is 29.9. The maximum atomic E-state index is 14.0. The molecule has 0 radical (unpaired) electrons. The molecule has 1 spiro atoms. The number of carbonyl (C=O) groups excluding carboxylic acids is 3. The van der Waals surface area contributed by atoms with Crippen molar-refractivity contribution < 1.29 is 37.7 Å². The van der Waals surface area contributed by atoms with Crippen molar-refractivity contribution in [3.8, 4) is 5.75 Å². The SMILES string of the molecule is CC(C)(C)OC(=O)N(CC(=O)N1CCC2(CCCN2C(=O)OC(C)(C)C)CC1)[C@@H]1C[C@H]1c1cc(F)cc(F)c1O. The number of carbonyl (C=O) groups is 3. The van der Waals surface area contributed by atoms with E-state index in [2.05, 4.69) is 0 Å². The van der Waals surface area contributed by atoms with E-state index in [1.54, 1.807) is 25.7 Å². The monoisotopic (exact) mass is 565 g/mol. The maximum absolute atomic E-state index is 14.0. The zero-order valence-corrected chi connectivity index (χ0v) is 24.3. The predicted octanol–water partition coefficient (Wildman–Crippen LogP) is 5.16. The molecule has 1 aromatic rings. The smallest absolute Gasteiger partial charge is 0.411 e. The third-order valence-electron chi connectivity index (χ3n) is 7.81. The van der Waals surface area contributed by atoms with Gasteiger partial charge in [0.25, 0.3) is 0 Å². The van der Waals surface area contributed by atoms with Gasteiger partial charge in [-0.25, -0.2) is 18.4 Å². The molecule has 0 bridgehead atoms. The maximum Gasteiger partial charge on any atom is 0.411 e. The molecule has 3 amide bonds. The molecule has 1 aromatic carbocycles. The molecule has 40 heavy (non-hydrogen) atoms. The molecule has 222 valence electrons. The highest BCUT2D eigenvalue weighted by molar-refractivity contribution is 5.83. The number of ether oxygens (including phenoxy) is 2. The van der Waals surface area contributed by atoms with Crippen molar-refractivity contribution in [2.45, 2.75) is 102 Å². The lowest BCUT2D eigenvalue weighted by atomic mass is 9.85. The Morgan fingerprint density at radius 3 is 2.23 bits per heavy atom. The van der Waals surface area contributed by atoms with E-state index in [1.807, 2.05) is 25.7 Å². The van der Waals surface area contributed by atoms with Crippen LogP contribution < -0.4 is 0 Å². The quantitative estimate of drug-likeness (QED) is 0.542. The summed E-state index contributed by atoms with van der Waals surface area (Å²) in [4.78, 5) is 44.3. The largest absolute Gasteiger partial charge is 0.505 e. The minimum Gasteiger partial charge on any atom is -0.505 e. The standard InChI is InChI=1S/C29H41F2N3O6/c1-27(2,3)39-25(37)33(22-16-19(22)20-14-18(30)15-21(31)24(20)36)17-23(35)32-12-9-29(10-13-32)8-7-11-34(29)26(38)40-28(4,5)6/h14-15,19,22,36H,7-13,16-17H2,1-6H3/t19-,22+/m0/s1. The first-order chi connectivity index (χ1) is 18.5. The molecular weight excluding hydrogens is 524 g/mol. The second-order valence-electron chi connectivity index (χ2n) is 13.2. The molecule has 11 heteroatoms. The van der Waals surface area contributed by atoms with Crippen LogP contribution in [0.5, 0.6) is 5.75 Å². The van der Waals surface area contributed by atoms with E-state index in [4.69, 9.17) is 9.47 Å². The number of halogens is 2. The van der Waals surface area contributed by atoms with Gasteiger partial charge < -0.3 is 24.4 Å². The minimum atomic E-state index is -1.07. The topological polar surface area (TPSA) is 99.6 Å². The van der Waals surface area contributed by atoms with Gasteiger partial charge in [0.15, 0.2) is 11.6 Å². The Kier molecular flexibility index (Phi) is 7.99. The second kappa shape index (κ2) is 10.7. The molecular formula is C29H41F2N3O6. The Bertz CT molecular complexity index is 1150. The Morgan fingerprint density at radius 2 is 1.62 bits per heavy atom. The number of nitrogens with zero attached hydrogens (tertiary/aromatic N) is 3. The molecule has 1 N–H and O–H groups in total. The predicted molar refractivity (Wildman–Crippen MR) is 143 cm³/mol. The van der Waals surface area contributed by atoms with Crippen LogP contribution in [0, 0.1) is 11.6 Å². The summed E-state index contributed by atoms with van der Waals surface area (Å²) in [5, 5.41) is 10.2. The number of benzene rings is 1.